The highest BCUT2D eigenvalue weighted by atomic mass is 16.3. The molecule has 0 aliphatic heterocycles. The smallest absolute Gasteiger partial charge is 0.0854 e. The summed E-state index contributed by atoms with van der Waals surface area (Å²) in [5.74, 6) is 0.789. The van der Waals surface area contributed by atoms with E-state index >= 15 is 0 Å². The zero-order valence-electron chi connectivity index (χ0n) is 7.56. The fraction of sp³-hybridized carbons (Fsp3) is 1.00. The van der Waals surface area contributed by atoms with E-state index in [-0.39, 0.29) is 11.8 Å². The standard InChI is InChI=1S/C10H16O3/c11-8-3-6-1-5-2-7(9(8)12)10(6,13)4-5/h5-9,11-13H,1-4H2. The number of aliphatic hydroxyl groups excluding tert-OH is 2. The van der Waals surface area contributed by atoms with Crippen molar-refractivity contribution in [1.82, 2.24) is 0 Å². The van der Waals surface area contributed by atoms with Crippen molar-refractivity contribution in [3.8, 4) is 0 Å². The zero-order chi connectivity index (χ0) is 9.22. The van der Waals surface area contributed by atoms with Crippen molar-refractivity contribution in [2.45, 2.75) is 43.5 Å². The second-order valence-corrected chi connectivity index (χ2v) is 5.13. The molecule has 0 saturated heterocycles. The Hall–Kier alpha value is -0.120. The highest BCUT2D eigenvalue weighted by Crippen LogP contribution is 2.60. The van der Waals surface area contributed by atoms with Gasteiger partial charge in [-0.3, -0.25) is 0 Å². The van der Waals surface area contributed by atoms with Gasteiger partial charge >= 0.3 is 0 Å². The van der Waals surface area contributed by atoms with Crippen molar-refractivity contribution in [2.75, 3.05) is 0 Å². The van der Waals surface area contributed by atoms with E-state index < -0.39 is 17.8 Å². The normalized spacial score (nSPS) is 64.4. The van der Waals surface area contributed by atoms with Crippen molar-refractivity contribution in [2.24, 2.45) is 17.8 Å². The molecule has 3 aliphatic rings. The lowest BCUT2D eigenvalue weighted by Crippen LogP contribution is -2.55. The lowest BCUT2D eigenvalue weighted by Gasteiger charge is -2.46. The Bertz CT molecular complexity index is 242. The molecule has 0 amide bonds. The van der Waals surface area contributed by atoms with Gasteiger partial charge in [0.1, 0.15) is 0 Å². The van der Waals surface area contributed by atoms with Crippen LogP contribution < -0.4 is 0 Å². The number of aliphatic hydroxyl groups is 3. The maximum atomic E-state index is 10.3. The predicted octanol–water partition coefficient (Wildman–Crippen LogP) is -0.111. The van der Waals surface area contributed by atoms with E-state index in [9.17, 15) is 15.3 Å². The van der Waals surface area contributed by atoms with Crippen LogP contribution in [0.5, 0.6) is 0 Å². The minimum Gasteiger partial charge on any atom is -0.390 e. The maximum Gasteiger partial charge on any atom is 0.0854 e. The van der Waals surface area contributed by atoms with Crippen LogP contribution in [0.3, 0.4) is 0 Å². The third-order valence-corrected chi connectivity index (χ3v) is 4.50. The molecule has 3 aliphatic carbocycles. The van der Waals surface area contributed by atoms with E-state index in [1.807, 2.05) is 0 Å². The van der Waals surface area contributed by atoms with Gasteiger partial charge in [0.05, 0.1) is 17.8 Å². The van der Waals surface area contributed by atoms with Crippen LogP contribution in [-0.2, 0) is 0 Å². The van der Waals surface area contributed by atoms with Gasteiger partial charge in [0.2, 0.25) is 0 Å². The van der Waals surface area contributed by atoms with Gasteiger partial charge in [0.15, 0.2) is 0 Å². The lowest BCUT2D eigenvalue weighted by molar-refractivity contribution is -0.165. The molecule has 3 nitrogen and oxygen atoms in total. The summed E-state index contributed by atoms with van der Waals surface area (Å²) >= 11 is 0. The first-order valence-electron chi connectivity index (χ1n) is 5.20. The molecule has 0 spiro atoms. The Labute approximate surface area is 77.4 Å². The molecule has 2 bridgehead atoms. The van der Waals surface area contributed by atoms with E-state index in [2.05, 4.69) is 0 Å². The molecule has 0 aromatic heterocycles. The van der Waals surface area contributed by atoms with Crippen molar-refractivity contribution in [3.05, 3.63) is 0 Å². The molecule has 74 valence electrons. The van der Waals surface area contributed by atoms with Crippen molar-refractivity contribution in [3.63, 3.8) is 0 Å². The van der Waals surface area contributed by atoms with Crippen LogP contribution >= 0.6 is 0 Å². The van der Waals surface area contributed by atoms with Crippen molar-refractivity contribution in [1.29, 1.82) is 0 Å². The molecule has 6 atom stereocenters. The summed E-state index contributed by atoms with van der Waals surface area (Å²) < 4.78 is 0. The van der Waals surface area contributed by atoms with Gasteiger partial charge in [-0.1, -0.05) is 0 Å². The molecular weight excluding hydrogens is 168 g/mol. The summed E-state index contributed by atoms with van der Waals surface area (Å²) in [6.45, 7) is 0. The molecular formula is C10H16O3. The molecule has 3 fully saturated rings. The monoisotopic (exact) mass is 184 g/mol. The Balaban J connectivity index is 1.97. The Morgan fingerprint density at radius 1 is 1.08 bits per heavy atom. The van der Waals surface area contributed by atoms with E-state index in [1.165, 1.54) is 0 Å². The average Bonchev–Trinajstić information content (AvgIpc) is 2.53. The minimum atomic E-state index is -0.688. The fourth-order valence-electron chi connectivity index (χ4n) is 3.95. The molecule has 0 radical (unpaired) electrons. The molecule has 6 unspecified atom stereocenters. The van der Waals surface area contributed by atoms with Gasteiger partial charge in [0, 0.05) is 5.92 Å². The second-order valence-electron chi connectivity index (χ2n) is 5.13. The van der Waals surface area contributed by atoms with E-state index in [0.717, 1.165) is 19.3 Å². The molecule has 0 heterocycles. The minimum absolute atomic E-state index is 0.0556. The number of rotatable bonds is 0. The van der Waals surface area contributed by atoms with Gasteiger partial charge in [-0.15, -0.1) is 0 Å². The van der Waals surface area contributed by atoms with E-state index in [1.54, 1.807) is 0 Å². The summed E-state index contributed by atoms with van der Waals surface area (Å²) in [7, 11) is 0. The number of fused-ring (bicyclic) bond motifs is 1. The molecule has 3 heteroatoms. The molecule has 3 rings (SSSR count). The quantitative estimate of drug-likeness (QED) is 0.492. The molecule has 3 N–H and O–H groups in total. The topological polar surface area (TPSA) is 60.7 Å². The van der Waals surface area contributed by atoms with Crippen LogP contribution in [0, 0.1) is 17.8 Å². The maximum absolute atomic E-state index is 10.3. The molecule has 0 aromatic carbocycles. The third-order valence-electron chi connectivity index (χ3n) is 4.50. The third kappa shape index (κ3) is 0.853. The number of hydrogen-bond acceptors (Lipinski definition) is 3. The Morgan fingerprint density at radius 2 is 1.85 bits per heavy atom. The average molecular weight is 184 g/mol. The molecule has 3 saturated carbocycles. The first-order chi connectivity index (χ1) is 6.11. The first kappa shape index (κ1) is 8.21. The summed E-state index contributed by atoms with van der Waals surface area (Å²) in [6, 6.07) is 0. The summed E-state index contributed by atoms with van der Waals surface area (Å²) in [5, 5.41) is 29.7. The molecule has 0 aromatic rings. The van der Waals surface area contributed by atoms with Crippen LogP contribution in [-0.4, -0.2) is 33.1 Å². The lowest BCUT2D eigenvalue weighted by atomic mass is 9.66. The summed E-state index contributed by atoms with van der Waals surface area (Å²) in [5.41, 5.74) is -0.636. The highest BCUT2D eigenvalue weighted by molar-refractivity contribution is 5.13. The van der Waals surface area contributed by atoms with Crippen LogP contribution in [0.2, 0.25) is 0 Å². The van der Waals surface area contributed by atoms with Gasteiger partial charge in [-0.2, -0.15) is 0 Å². The van der Waals surface area contributed by atoms with E-state index in [4.69, 9.17) is 0 Å². The van der Waals surface area contributed by atoms with Crippen LogP contribution in [0.1, 0.15) is 25.7 Å². The van der Waals surface area contributed by atoms with Crippen molar-refractivity contribution >= 4 is 0 Å². The number of hydrogen-bond donors (Lipinski definition) is 3. The van der Waals surface area contributed by atoms with Gasteiger partial charge in [-0.05, 0) is 37.5 Å². The summed E-state index contributed by atoms with van der Waals surface area (Å²) in [4.78, 5) is 0. The first-order valence-corrected chi connectivity index (χ1v) is 5.20. The van der Waals surface area contributed by atoms with Gasteiger partial charge < -0.3 is 15.3 Å². The van der Waals surface area contributed by atoms with Crippen LogP contribution in [0.15, 0.2) is 0 Å². The second kappa shape index (κ2) is 2.27. The van der Waals surface area contributed by atoms with E-state index in [0.29, 0.717) is 12.3 Å². The SMILES string of the molecule is OC1CC2CC3CC(C1O)C2(O)C3. The fourth-order valence-corrected chi connectivity index (χ4v) is 3.95. The highest BCUT2D eigenvalue weighted by Gasteiger charge is 2.62. The van der Waals surface area contributed by atoms with Crippen LogP contribution in [0.4, 0.5) is 0 Å². The largest absolute Gasteiger partial charge is 0.390 e. The Morgan fingerprint density at radius 3 is 2.54 bits per heavy atom. The zero-order valence-corrected chi connectivity index (χ0v) is 7.56. The van der Waals surface area contributed by atoms with Crippen LogP contribution in [0.25, 0.3) is 0 Å². The Kier molecular flexibility index (Phi) is 1.43. The predicted molar refractivity (Wildman–Crippen MR) is 45.9 cm³/mol. The van der Waals surface area contributed by atoms with Gasteiger partial charge in [-0.25, -0.2) is 0 Å². The molecule has 13 heavy (non-hydrogen) atoms. The summed E-state index contributed by atoms with van der Waals surface area (Å²) in [6.07, 6.45) is 2.11. The van der Waals surface area contributed by atoms with Crippen molar-refractivity contribution < 1.29 is 15.3 Å². The van der Waals surface area contributed by atoms with Gasteiger partial charge in [0.25, 0.3) is 0 Å².